The number of aliphatic carboxylic acids is 1. The molecule has 132 valence electrons. The Balaban J connectivity index is 1.87. The summed E-state index contributed by atoms with van der Waals surface area (Å²) in [7, 11) is 0. The molecule has 0 unspecified atom stereocenters. The van der Waals surface area contributed by atoms with Crippen molar-refractivity contribution in [2.45, 2.75) is 37.8 Å². The van der Waals surface area contributed by atoms with Gasteiger partial charge in [-0.15, -0.1) is 0 Å². The third-order valence-corrected chi connectivity index (χ3v) is 4.91. The molecule has 8 heteroatoms. The van der Waals surface area contributed by atoms with E-state index in [9.17, 15) is 23.5 Å². The highest BCUT2D eigenvalue weighted by atomic mass is 32.2. The minimum absolute atomic E-state index is 0.0581. The second kappa shape index (κ2) is 8.32. The SMILES string of the molecule is O=C(CCc1ccc(OC(F)F)cc1)NC1(C(=O)O)CCSCC1. The first-order valence-electron chi connectivity index (χ1n) is 7.57. The van der Waals surface area contributed by atoms with Crippen molar-refractivity contribution in [3.63, 3.8) is 0 Å². The number of halogens is 2. The van der Waals surface area contributed by atoms with Gasteiger partial charge in [0.15, 0.2) is 0 Å². The molecule has 0 aromatic heterocycles. The van der Waals surface area contributed by atoms with Crippen LogP contribution in [0.25, 0.3) is 0 Å². The van der Waals surface area contributed by atoms with Gasteiger partial charge in [-0.1, -0.05) is 12.1 Å². The number of alkyl halides is 2. The maximum absolute atomic E-state index is 12.1. The van der Waals surface area contributed by atoms with Gasteiger partial charge in [0.2, 0.25) is 5.91 Å². The summed E-state index contributed by atoms with van der Waals surface area (Å²) in [4.78, 5) is 23.6. The monoisotopic (exact) mass is 359 g/mol. The average molecular weight is 359 g/mol. The third kappa shape index (κ3) is 5.09. The Labute approximate surface area is 142 Å². The van der Waals surface area contributed by atoms with Crippen LogP contribution >= 0.6 is 11.8 Å². The normalized spacial score (nSPS) is 16.6. The van der Waals surface area contributed by atoms with E-state index in [0.717, 1.165) is 5.56 Å². The van der Waals surface area contributed by atoms with Gasteiger partial charge in [0.05, 0.1) is 0 Å². The Morgan fingerprint density at radius 2 is 1.88 bits per heavy atom. The van der Waals surface area contributed by atoms with Crippen LogP contribution in [0.5, 0.6) is 5.75 Å². The highest BCUT2D eigenvalue weighted by Gasteiger charge is 2.41. The fourth-order valence-corrected chi connectivity index (χ4v) is 3.73. The van der Waals surface area contributed by atoms with E-state index in [0.29, 0.717) is 30.8 Å². The minimum atomic E-state index is -2.87. The van der Waals surface area contributed by atoms with Crippen molar-refractivity contribution in [1.29, 1.82) is 0 Å². The lowest BCUT2D eigenvalue weighted by Crippen LogP contribution is -2.56. The number of benzene rings is 1. The second-order valence-electron chi connectivity index (χ2n) is 5.57. The number of carbonyl (C=O) groups is 2. The molecule has 0 spiro atoms. The molecule has 5 nitrogen and oxygen atoms in total. The van der Waals surface area contributed by atoms with Crippen LogP contribution in [0.15, 0.2) is 24.3 Å². The molecule has 1 saturated heterocycles. The Kier molecular flexibility index (Phi) is 6.42. The molecule has 24 heavy (non-hydrogen) atoms. The summed E-state index contributed by atoms with van der Waals surface area (Å²) < 4.78 is 28.4. The quantitative estimate of drug-likeness (QED) is 0.783. The number of rotatable bonds is 7. The van der Waals surface area contributed by atoms with E-state index in [2.05, 4.69) is 10.1 Å². The average Bonchev–Trinajstić information content (AvgIpc) is 2.54. The summed E-state index contributed by atoms with van der Waals surface area (Å²) in [6.07, 6.45) is 1.36. The summed E-state index contributed by atoms with van der Waals surface area (Å²) in [6, 6.07) is 6.04. The van der Waals surface area contributed by atoms with Crippen LogP contribution in [0.3, 0.4) is 0 Å². The van der Waals surface area contributed by atoms with Gasteiger partial charge >= 0.3 is 12.6 Å². The summed E-state index contributed by atoms with van der Waals surface area (Å²) in [6.45, 7) is -2.87. The number of carbonyl (C=O) groups excluding carboxylic acids is 1. The molecular formula is C16H19F2NO4S. The largest absolute Gasteiger partial charge is 0.480 e. The first-order chi connectivity index (χ1) is 11.4. The van der Waals surface area contributed by atoms with Crippen LogP contribution in [0.2, 0.25) is 0 Å². The fraction of sp³-hybridized carbons (Fsp3) is 0.500. The minimum Gasteiger partial charge on any atom is -0.480 e. The smallest absolute Gasteiger partial charge is 0.387 e. The molecule has 2 rings (SSSR count). The third-order valence-electron chi connectivity index (χ3n) is 3.92. The van der Waals surface area contributed by atoms with Gasteiger partial charge in [0.1, 0.15) is 11.3 Å². The van der Waals surface area contributed by atoms with Gasteiger partial charge in [0, 0.05) is 6.42 Å². The Morgan fingerprint density at radius 1 is 1.25 bits per heavy atom. The molecule has 1 aromatic rings. The van der Waals surface area contributed by atoms with Crippen molar-refractivity contribution in [3.8, 4) is 5.75 Å². The molecule has 0 radical (unpaired) electrons. The Morgan fingerprint density at radius 3 is 2.42 bits per heavy atom. The number of carboxylic acids is 1. The van der Waals surface area contributed by atoms with Crippen molar-refractivity contribution in [3.05, 3.63) is 29.8 Å². The van der Waals surface area contributed by atoms with Crippen LogP contribution in [-0.4, -0.2) is 40.6 Å². The predicted molar refractivity (Wildman–Crippen MR) is 86.5 cm³/mol. The molecule has 2 N–H and O–H groups in total. The maximum atomic E-state index is 12.1. The van der Waals surface area contributed by atoms with Crippen molar-refractivity contribution in [2.24, 2.45) is 0 Å². The highest BCUT2D eigenvalue weighted by Crippen LogP contribution is 2.27. The van der Waals surface area contributed by atoms with Crippen LogP contribution in [-0.2, 0) is 16.0 Å². The van der Waals surface area contributed by atoms with Gasteiger partial charge in [-0.25, -0.2) is 4.79 Å². The first-order valence-corrected chi connectivity index (χ1v) is 8.73. The molecule has 1 amide bonds. The lowest BCUT2D eigenvalue weighted by atomic mass is 9.92. The number of thioether (sulfide) groups is 1. The van der Waals surface area contributed by atoms with Crippen molar-refractivity contribution in [1.82, 2.24) is 5.32 Å². The standard InChI is InChI=1S/C16H19F2NO4S/c17-15(18)23-12-4-1-11(2-5-12)3-6-13(20)19-16(14(21)22)7-9-24-10-8-16/h1-2,4-5,15H,3,6-10H2,(H,19,20)(H,21,22). The predicted octanol–water partition coefficient (Wildman–Crippen LogP) is 2.69. The molecule has 1 aromatic carbocycles. The van der Waals surface area contributed by atoms with E-state index in [1.54, 1.807) is 23.9 Å². The zero-order chi connectivity index (χ0) is 17.6. The zero-order valence-electron chi connectivity index (χ0n) is 13.0. The fourth-order valence-electron chi connectivity index (χ4n) is 2.54. The molecule has 1 aliphatic rings. The second-order valence-corrected chi connectivity index (χ2v) is 6.80. The van der Waals surface area contributed by atoms with Crippen LogP contribution in [0.4, 0.5) is 8.78 Å². The van der Waals surface area contributed by atoms with E-state index in [4.69, 9.17) is 0 Å². The van der Waals surface area contributed by atoms with E-state index >= 15 is 0 Å². The number of hydrogen-bond donors (Lipinski definition) is 2. The van der Waals surface area contributed by atoms with E-state index < -0.39 is 18.1 Å². The Hall–Kier alpha value is -1.83. The molecule has 0 aliphatic carbocycles. The molecule has 0 saturated carbocycles. The number of aryl methyl sites for hydroxylation is 1. The van der Waals surface area contributed by atoms with Gasteiger partial charge < -0.3 is 15.2 Å². The van der Waals surface area contributed by atoms with Gasteiger partial charge in [-0.2, -0.15) is 20.5 Å². The van der Waals surface area contributed by atoms with E-state index in [1.165, 1.54) is 12.1 Å². The molecule has 1 heterocycles. The first kappa shape index (κ1) is 18.5. The number of carboxylic acid groups (broad SMARTS) is 1. The van der Waals surface area contributed by atoms with Crippen molar-refractivity contribution in [2.75, 3.05) is 11.5 Å². The maximum Gasteiger partial charge on any atom is 0.387 e. The molecule has 1 fully saturated rings. The van der Waals surface area contributed by atoms with E-state index in [1.807, 2.05) is 0 Å². The van der Waals surface area contributed by atoms with Crippen LogP contribution < -0.4 is 10.1 Å². The van der Waals surface area contributed by atoms with Gasteiger partial charge in [0.25, 0.3) is 0 Å². The Bertz CT molecular complexity index is 574. The van der Waals surface area contributed by atoms with E-state index in [-0.39, 0.29) is 18.1 Å². The summed E-state index contributed by atoms with van der Waals surface area (Å²) in [5, 5.41) is 12.1. The highest BCUT2D eigenvalue weighted by molar-refractivity contribution is 7.99. The molecular weight excluding hydrogens is 340 g/mol. The molecule has 0 bridgehead atoms. The number of ether oxygens (including phenoxy) is 1. The summed E-state index contributed by atoms with van der Waals surface area (Å²) >= 11 is 1.68. The number of amides is 1. The zero-order valence-corrected chi connectivity index (χ0v) is 13.8. The van der Waals surface area contributed by atoms with Crippen LogP contribution in [0.1, 0.15) is 24.8 Å². The molecule has 0 atom stereocenters. The summed E-state index contributed by atoms with van der Waals surface area (Å²) in [5.41, 5.74) is -0.382. The topological polar surface area (TPSA) is 75.6 Å². The van der Waals surface area contributed by atoms with Gasteiger partial charge in [-0.3, -0.25) is 4.79 Å². The number of nitrogens with one attached hydrogen (secondary N) is 1. The lowest BCUT2D eigenvalue weighted by molar-refractivity contribution is -0.148. The lowest BCUT2D eigenvalue weighted by Gasteiger charge is -2.33. The number of hydrogen-bond acceptors (Lipinski definition) is 4. The summed E-state index contributed by atoms with van der Waals surface area (Å²) in [5.74, 6) is 0.153. The molecule has 1 aliphatic heterocycles. The van der Waals surface area contributed by atoms with Crippen molar-refractivity contribution >= 4 is 23.6 Å². The van der Waals surface area contributed by atoms with Crippen LogP contribution in [0, 0.1) is 0 Å². The van der Waals surface area contributed by atoms with Gasteiger partial charge in [-0.05, 0) is 48.5 Å². The van der Waals surface area contributed by atoms with Crippen molar-refractivity contribution < 1.29 is 28.2 Å².